The first-order chi connectivity index (χ1) is 13.3. The van der Waals surface area contributed by atoms with Gasteiger partial charge < -0.3 is 14.5 Å². The number of methoxy groups -OCH3 is 1. The molecule has 0 fully saturated rings. The van der Waals surface area contributed by atoms with Crippen LogP contribution in [0.25, 0.3) is 16.5 Å². The number of nitro groups is 1. The molecular formula is C21H20N2O5. The van der Waals surface area contributed by atoms with Crippen LogP contribution in [0.5, 0.6) is 5.75 Å². The summed E-state index contributed by atoms with van der Waals surface area (Å²) in [5.41, 5.74) is 4.34. The number of benzene rings is 2. The lowest BCUT2D eigenvalue weighted by atomic mass is 10.0. The normalized spacial score (nSPS) is 11.5. The number of anilines is 1. The van der Waals surface area contributed by atoms with Gasteiger partial charge in [-0.25, -0.2) is 0 Å². The van der Waals surface area contributed by atoms with E-state index in [1.54, 1.807) is 26.4 Å². The number of ether oxygens (including phenoxy) is 1. The lowest BCUT2D eigenvalue weighted by Gasteiger charge is -2.10. The van der Waals surface area contributed by atoms with Crippen LogP contribution in [0.2, 0.25) is 0 Å². The fourth-order valence-electron chi connectivity index (χ4n) is 3.00. The Morgan fingerprint density at radius 1 is 1.21 bits per heavy atom. The van der Waals surface area contributed by atoms with Crippen molar-refractivity contribution in [2.75, 3.05) is 12.4 Å². The second kappa shape index (κ2) is 7.56. The Hall–Kier alpha value is -3.61. The summed E-state index contributed by atoms with van der Waals surface area (Å²) < 4.78 is 10.9. The van der Waals surface area contributed by atoms with Crippen LogP contribution in [-0.2, 0) is 4.79 Å². The zero-order valence-electron chi connectivity index (χ0n) is 16.0. The van der Waals surface area contributed by atoms with Gasteiger partial charge in [-0.15, -0.1) is 0 Å². The van der Waals surface area contributed by atoms with Gasteiger partial charge in [0, 0.05) is 40.9 Å². The number of allylic oxidation sites excluding steroid dienone is 1. The molecule has 0 aliphatic rings. The van der Waals surface area contributed by atoms with Crippen LogP contribution in [0.4, 0.5) is 11.4 Å². The van der Waals surface area contributed by atoms with Crippen LogP contribution in [0.1, 0.15) is 23.6 Å². The third kappa shape index (κ3) is 3.73. The molecule has 0 aliphatic heterocycles. The molecule has 0 saturated heterocycles. The Morgan fingerprint density at radius 3 is 2.61 bits per heavy atom. The van der Waals surface area contributed by atoms with Gasteiger partial charge in [-0.3, -0.25) is 14.9 Å². The predicted molar refractivity (Wildman–Crippen MR) is 108 cm³/mol. The second-order valence-electron chi connectivity index (χ2n) is 6.54. The van der Waals surface area contributed by atoms with Crippen LogP contribution >= 0.6 is 0 Å². The maximum absolute atomic E-state index is 12.5. The molecular weight excluding hydrogens is 360 g/mol. The van der Waals surface area contributed by atoms with Crippen molar-refractivity contribution in [1.29, 1.82) is 0 Å². The number of hydrogen-bond donors (Lipinski definition) is 1. The number of nitro benzene ring substituents is 1. The Kier molecular flexibility index (Phi) is 5.17. The molecule has 0 spiro atoms. The molecule has 0 saturated carbocycles. The van der Waals surface area contributed by atoms with Gasteiger partial charge in [0.25, 0.3) is 5.69 Å². The summed E-state index contributed by atoms with van der Waals surface area (Å²) in [6.07, 6.45) is 3.15. The number of amides is 1. The van der Waals surface area contributed by atoms with Crippen molar-refractivity contribution in [1.82, 2.24) is 0 Å². The van der Waals surface area contributed by atoms with E-state index >= 15 is 0 Å². The predicted octanol–water partition coefficient (Wildman–Crippen LogP) is 5.01. The minimum Gasteiger partial charge on any atom is -0.496 e. The largest absolute Gasteiger partial charge is 0.496 e. The SMILES string of the molecule is COc1cc2occ(C)c2cc1/C(C)=C/C(=O)Nc1ccc([N+](=O)[O-])cc1C. The number of carbonyl (C=O) groups is 1. The van der Waals surface area contributed by atoms with Gasteiger partial charge in [-0.1, -0.05) is 0 Å². The highest BCUT2D eigenvalue weighted by molar-refractivity contribution is 6.05. The van der Waals surface area contributed by atoms with Crippen molar-refractivity contribution in [3.05, 3.63) is 69.5 Å². The van der Waals surface area contributed by atoms with E-state index in [2.05, 4.69) is 5.32 Å². The van der Waals surface area contributed by atoms with Gasteiger partial charge in [0.15, 0.2) is 0 Å². The lowest BCUT2D eigenvalue weighted by molar-refractivity contribution is -0.384. The number of nitrogens with one attached hydrogen (secondary N) is 1. The molecule has 7 heteroatoms. The van der Waals surface area contributed by atoms with Crippen molar-refractivity contribution >= 4 is 33.8 Å². The van der Waals surface area contributed by atoms with Crippen molar-refractivity contribution in [2.24, 2.45) is 0 Å². The Labute approximate surface area is 161 Å². The van der Waals surface area contributed by atoms with Gasteiger partial charge in [-0.2, -0.15) is 0 Å². The molecule has 0 radical (unpaired) electrons. The van der Waals surface area contributed by atoms with Gasteiger partial charge in [-0.05, 0) is 49.6 Å². The number of non-ortho nitro benzene ring substituents is 1. The third-order valence-corrected chi connectivity index (χ3v) is 4.54. The standard InChI is InChI=1S/C21H20N2O5/c1-12(16-9-17-14(3)11-28-20(17)10-19(16)27-4)8-21(24)22-18-6-5-15(23(25)26)7-13(18)2/h5-11H,1-4H3,(H,22,24)/b12-8+. The van der Waals surface area contributed by atoms with E-state index in [0.717, 1.165) is 27.7 Å². The molecule has 1 heterocycles. The Bertz CT molecular complexity index is 1110. The molecule has 1 amide bonds. The van der Waals surface area contributed by atoms with E-state index in [1.807, 2.05) is 19.9 Å². The Balaban J connectivity index is 1.89. The van der Waals surface area contributed by atoms with Crippen LogP contribution in [-0.4, -0.2) is 17.9 Å². The molecule has 0 bridgehead atoms. The summed E-state index contributed by atoms with van der Waals surface area (Å²) in [4.78, 5) is 22.8. The van der Waals surface area contributed by atoms with Crippen molar-refractivity contribution in [3.8, 4) is 5.75 Å². The summed E-state index contributed by atoms with van der Waals surface area (Å²) >= 11 is 0. The molecule has 0 atom stereocenters. The molecule has 1 aromatic heterocycles. The molecule has 2 aromatic carbocycles. The third-order valence-electron chi connectivity index (χ3n) is 4.54. The number of aryl methyl sites for hydroxylation is 2. The minimum absolute atomic E-state index is 0.0178. The first-order valence-corrected chi connectivity index (χ1v) is 8.60. The zero-order chi connectivity index (χ0) is 20.4. The topological polar surface area (TPSA) is 94.6 Å². The average Bonchev–Trinajstić information content (AvgIpc) is 3.02. The monoisotopic (exact) mass is 380 g/mol. The number of furan rings is 1. The fourth-order valence-corrected chi connectivity index (χ4v) is 3.00. The molecule has 1 N–H and O–H groups in total. The second-order valence-corrected chi connectivity index (χ2v) is 6.54. The van der Waals surface area contributed by atoms with E-state index < -0.39 is 4.92 Å². The van der Waals surface area contributed by atoms with Crippen molar-refractivity contribution < 1.29 is 18.9 Å². The summed E-state index contributed by atoms with van der Waals surface area (Å²) in [7, 11) is 1.56. The van der Waals surface area contributed by atoms with Gasteiger partial charge in [0.2, 0.25) is 5.91 Å². The number of nitrogens with zero attached hydrogens (tertiary/aromatic N) is 1. The highest BCUT2D eigenvalue weighted by Gasteiger charge is 2.13. The van der Waals surface area contributed by atoms with E-state index in [9.17, 15) is 14.9 Å². The van der Waals surface area contributed by atoms with Crippen LogP contribution < -0.4 is 10.1 Å². The summed E-state index contributed by atoms with van der Waals surface area (Å²) in [6, 6.07) is 8.04. The summed E-state index contributed by atoms with van der Waals surface area (Å²) in [6.45, 7) is 5.48. The van der Waals surface area contributed by atoms with E-state index in [0.29, 0.717) is 17.0 Å². The van der Waals surface area contributed by atoms with E-state index in [-0.39, 0.29) is 11.6 Å². The van der Waals surface area contributed by atoms with Crippen LogP contribution in [0.15, 0.2) is 47.1 Å². The van der Waals surface area contributed by atoms with Gasteiger partial charge in [0.1, 0.15) is 11.3 Å². The molecule has 28 heavy (non-hydrogen) atoms. The van der Waals surface area contributed by atoms with E-state index in [1.165, 1.54) is 24.3 Å². The highest BCUT2D eigenvalue weighted by Crippen LogP contribution is 2.33. The minimum atomic E-state index is -0.469. The quantitative estimate of drug-likeness (QED) is 0.381. The Morgan fingerprint density at radius 2 is 1.96 bits per heavy atom. The number of hydrogen-bond acceptors (Lipinski definition) is 5. The number of fused-ring (bicyclic) bond motifs is 1. The molecule has 3 rings (SSSR count). The summed E-state index contributed by atoms with van der Waals surface area (Å²) in [5.74, 6) is 0.274. The molecule has 7 nitrogen and oxygen atoms in total. The van der Waals surface area contributed by atoms with Gasteiger partial charge in [0.05, 0.1) is 18.3 Å². The number of rotatable bonds is 5. The lowest BCUT2D eigenvalue weighted by Crippen LogP contribution is -2.10. The summed E-state index contributed by atoms with van der Waals surface area (Å²) in [5, 5.41) is 14.6. The van der Waals surface area contributed by atoms with Crippen LogP contribution in [0, 0.1) is 24.0 Å². The maximum atomic E-state index is 12.5. The van der Waals surface area contributed by atoms with Crippen LogP contribution in [0.3, 0.4) is 0 Å². The average molecular weight is 380 g/mol. The molecule has 144 valence electrons. The first-order valence-electron chi connectivity index (χ1n) is 8.60. The molecule has 0 aliphatic carbocycles. The van der Waals surface area contributed by atoms with Crippen molar-refractivity contribution in [3.63, 3.8) is 0 Å². The number of carbonyl (C=O) groups excluding carboxylic acids is 1. The zero-order valence-corrected chi connectivity index (χ0v) is 16.0. The van der Waals surface area contributed by atoms with E-state index in [4.69, 9.17) is 9.15 Å². The van der Waals surface area contributed by atoms with Gasteiger partial charge >= 0.3 is 0 Å². The molecule has 0 unspecified atom stereocenters. The molecule has 3 aromatic rings. The smallest absolute Gasteiger partial charge is 0.269 e. The highest BCUT2D eigenvalue weighted by atomic mass is 16.6. The van der Waals surface area contributed by atoms with Crippen molar-refractivity contribution in [2.45, 2.75) is 20.8 Å². The maximum Gasteiger partial charge on any atom is 0.269 e. The first kappa shape index (κ1) is 19.2. The fraction of sp³-hybridized carbons (Fsp3) is 0.190.